The highest BCUT2D eigenvalue weighted by Crippen LogP contribution is 2.35. The maximum absolute atomic E-state index is 11.8. The zero-order chi connectivity index (χ0) is 17.4. The van der Waals surface area contributed by atoms with Crippen LogP contribution in [0.15, 0.2) is 0 Å². The molecular weight excluding hydrogens is 343 g/mol. The van der Waals surface area contributed by atoms with Gasteiger partial charge in [0, 0.05) is 11.8 Å². The molecule has 138 valence electrons. The van der Waals surface area contributed by atoms with Crippen LogP contribution in [0.4, 0.5) is 0 Å². The molecule has 2 saturated carbocycles. The normalized spacial score (nSPS) is 22.9. The number of hydrogen-bond donors (Lipinski definition) is 0. The molecular formula is C20H32Cl2O2. The summed E-state index contributed by atoms with van der Waals surface area (Å²) in [6.45, 7) is 0. The van der Waals surface area contributed by atoms with E-state index in [0.717, 1.165) is 12.8 Å². The van der Waals surface area contributed by atoms with Crippen molar-refractivity contribution in [2.24, 2.45) is 23.7 Å². The SMILES string of the molecule is O=C(Cl)C(CCC(CC1CCCCC1)C(=O)Cl)CC1CCCCC1. The summed E-state index contributed by atoms with van der Waals surface area (Å²) in [7, 11) is 0. The first kappa shape index (κ1) is 20.2. The zero-order valence-corrected chi connectivity index (χ0v) is 16.3. The maximum atomic E-state index is 11.8. The maximum Gasteiger partial charge on any atom is 0.224 e. The zero-order valence-electron chi connectivity index (χ0n) is 14.8. The van der Waals surface area contributed by atoms with E-state index in [-0.39, 0.29) is 22.3 Å². The van der Waals surface area contributed by atoms with Crippen LogP contribution in [0.5, 0.6) is 0 Å². The molecule has 2 rings (SSSR count). The summed E-state index contributed by atoms with van der Waals surface area (Å²) in [4.78, 5) is 23.7. The molecule has 0 aromatic rings. The Morgan fingerprint density at radius 2 is 1.00 bits per heavy atom. The van der Waals surface area contributed by atoms with E-state index in [9.17, 15) is 9.59 Å². The quantitative estimate of drug-likeness (QED) is 0.433. The third-order valence-corrected chi connectivity index (χ3v) is 6.81. The Morgan fingerprint density at radius 3 is 1.29 bits per heavy atom. The molecule has 0 radical (unpaired) electrons. The molecule has 0 heterocycles. The van der Waals surface area contributed by atoms with Crippen molar-refractivity contribution in [1.29, 1.82) is 0 Å². The van der Waals surface area contributed by atoms with Gasteiger partial charge in [-0.1, -0.05) is 64.2 Å². The van der Waals surface area contributed by atoms with Crippen molar-refractivity contribution in [3.63, 3.8) is 0 Å². The molecule has 0 spiro atoms. The topological polar surface area (TPSA) is 34.1 Å². The molecule has 0 amide bonds. The molecule has 0 saturated heterocycles. The number of halogens is 2. The van der Waals surface area contributed by atoms with Gasteiger partial charge in [-0.3, -0.25) is 9.59 Å². The van der Waals surface area contributed by atoms with Crippen molar-refractivity contribution in [3.05, 3.63) is 0 Å². The van der Waals surface area contributed by atoms with Gasteiger partial charge in [-0.2, -0.15) is 0 Å². The summed E-state index contributed by atoms with van der Waals surface area (Å²) >= 11 is 11.7. The Morgan fingerprint density at radius 1 is 0.667 bits per heavy atom. The van der Waals surface area contributed by atoms with Crippen LogP contribution in [0.2, 0.25) is 0 Å². The second-order valence-corrected chi connectivity index (χ2v) is 8.80. The largest absolute Gasteiger partial charge is 0.281 e. The van der Waals surface area contributed by atoms with E-state index in [0.29, 0.717) is 24.7 Å². The highest BCUT2D eigenvalue weighted by molar-refractivity contribution is 6.64. The molecule has 2 fully saturated rings. The molecule has 0 aromatic carbocycles. The fourth-order valence-corrected chi connectivity index (χ4v) is 5.10. The minimum absolute atomic E-state index is 0.0976. The predicted molar refractivity (Wildman–Crippen MR) is 100 cm³/mol. The van der Waals surface area contributed by atoms with Crippen molar-refractivity contribution >= 4 is 33.7 Å². The van der Waals surface area contributed by atoms with Crippen LogP contribution in [-0.2, 0) is 9.59 Å². The number of hydrogen-bond acceptors (Lipinski definition) is 2. The molecule has 2 aliphatic carbocycles. The second-order valence-electron chi connectivity index (χ2n) is 8.06. The molecule has 0 N–H and O–H groups in total. The van der Waals surface area contributed by atoms with Gasteiger partial charge in [0.15, 0.2) is 0 Å². The van der Waals surface area contributed by atoms with E-state index in [1.807, 2.05) is 0 Å². The number of carbonyl (C=O) groups is 2. The third-order valence-electron chi connectivity index (χ3n) is 6.19. The highest BCUT2D eigenvalue weighted by atomic mass is 35.5. The van der Waals surface area contributed by atoms with Gasteiger partial charge < -0.3 is 0 Å². The fourth-order valence-electron chi connectivity index (χ4n) is 4.70. The Labute approximate surface area is 157 Å². The average molecular weight is 375 g/mol. The predicted octanol–water partition coefficient (Wildman–Crippen LogP) is 6.47. The summed E-state index contributed by atoms with van der Waals surface area (Å²) < 4.78 is 0. The van der Waals surface area contributed by atoms with Gasteiger partial charge in [-0.05, 0) is 60.7 Å². The number of rotatable bonds is 9. The molecule has 0 aromatic heterocycles. The minimum Gasteiger partial charge on any atom is -0.281 e. The summed E-state index contributed by atoms with van der Waals surface area (Å²) in [6, 6.07) is 0. The Kier molecular flexibility index (Phi) is 9.11. The average Bonchev–Trinajstić information content (AvgIpc) is 2.58. The molecule has 0 aliphatic heterocycles. The van der Waals surface area contributed by atoms with Crippen molar-refractivity contribution in [2.45, 2.75) is 89.9 Å². The van der Waals surface area contributed by atoms with Crippen LogP contribution in [0.3, 0.4) is 0 Å². The van der Waals surface area contributed by atoms with Crippen LogP contribution < -0.4 is 0 Å². The van der Waals surface area contributed by atoms with Crippen LogP contribution >= 0.6 is 23.2 Å². The van der Waals surface area contributed by atoms with Gasteiger partial charge in [0.25, 0.3) is 0 Å². The molecule has 0 bridgehead atoms. The third kappa shape index (κ3) is 7.04. The molecule has 2 aliphatic rings. The van der Waals surface area contributed by atoms with E-state index >= 15 is 0 Å². The lowest BCUT2D eigenvalue weighted by Gasteiger charge is -2.27. The molecule has 2 nitrogen and oxygen atoms in total. The Bertz CT molecular complexity index is 360. The van der Waals surface area contributed by atoms with Crippen molar-refractivity contribution in [1.82, 2.24) is 0 Å². The smallest absolute Gasteiger partial charge is 0.224 e. The van der Waals surface area contributed by atoms with Gasteiger partial charge >= 0.3 is 0 Å². The van der Waals surface area contributed by atoms with E-state index in [1.54, 1.807) is 0 Å². The van der Waals surface area contributed by atoms with E-state index < -0.39 is 0 Å². The molecule has 2 atom stereocenters. The number of carbonyl (C=O) groups excluding carboxylic acids is 2. The van der Waals surface area contributed by atoms with Crippen molar-refractivity contribution in [3.8, 4) is 0 Å². The van der Waals surface area contributed by atoms with Crippen LogP contribution in [0.1, 0.15) is 89.9 Å². The molecule has 2 unspecified atom stereocenters. The van der Waals surface area contributed by atoms with E-state index in [2.05, 4.69) is 0 Å². The van der Waals surface area contributed by atoms with Crippen LogP contribution in [0, 0.1) is 23.7 Å². The van der Waals surface area contributed by atoms with Crippen molar-refractivity contribution < 1.29 is 9.59 Å². The van der Waals surface area contributed by atoms with Gasteiger partial charge in [-0.15, -0.1) is 0 Å². The minimum atomic E-state index is -0.223. The molecule has 24 heavy (non-hydrogen) atoms. The van der Waals surface area contributed by atoms with Crippen molar-refractivity contribution in [2.75, 3.05) is 0 Å². The lowest BCUT2D eigenvalue weighted by atomic mass is 9.79. The monoisotopic (exact) mass is 374 g/mol. The van der Waals surface area contributed by atoms with Gasteiger partial charge in [-0.25, -0.2) is 0 Å². The first-order valence-electron chi connectivity index (χ1n) is 9.95. The second kappa shape index (κ2) is 10.8. The first-order chi connectivity index (χ1) is 11.6. The van der Waals surface area contributed by atoms with E-state index in [4.69, 9.17) is 23.2 Å². The summed E-state index contributed by atoms with van der Waals surface area (Å²) in [5.74, 6) is 1.07. The first-order valence-corrected chi connectivity index (χ1v) is 10.7. The van der Waals surface area contributed by atoms with Gasteiger partial charge in [0.2, 0.25) is 10.5 Å². The van der Waals surface area contributed by atoms with Crippen LogP contribution in [0.25, 0.3) is 0 Å². The highest BCUT2D eigenvalue weighted by Gasteiger charge is 2.27. The standard InChI is InChI=1S/C20H32Cl2O2/c21-19(23)17(13-15-7-3-1-4-8-15)11-12-18(20(22)24)14-16-9-5-2-6-10-16/h15-18H,1-14H2. The lowest BCUT2D eigenvalue weighted by molar-refractivity contribution is -0.118. The lowest BCUT2D eigenvalue weighted by Crippen LogP contribution is -2.21. The summed E-state index contributed by atoms with van der Waals surface area (Å²) in [6.07, 6.45) is 15.9. The van der Waals surface area contributed by atoms with E-state index in [1.165, 1.54) is 64.2 Å². The summed E-state index contributed by atoms with van der Waals surface area (Å²) in [5.41, 5.74) is 0. The van der Waals surface area contributed by atoms with Gasteiger partial charge in [0.05, 0.1) is 0 Å². The Balaban J connectivity index is 1.82. The van der Waals surface area contributed by atoms with Crippen LogP contribution in [-0.4, -0.2) is 10.5 Å². The Hall–Kier alpha value is -0.0800. The summed E-state index contributed by atoms with van der Waals surface area (Å²) in [5, 5.41) is -0.446. The van der Waals surface area contributed by atoms with Gasteiger partial charge in [0.1, 0.15) is 0 Å². The fraction of sp³-hybridized carbons (Fsp3) is 0.900. The molecule has 4 heteroatoms.